The molecule has 1 amide bonds. The standard InChI is InChI=1S/C25H31BrN6O4S/c1-25(2,3)36-24(33)31-7-4-15(5-8-31)6-9-32-14-28-21(27)20-22(32)30-23(29-20)37-19-13-18-17(12-16(19)26)34-10-11-35-18/h12-15H,4-11,27H2,1-3H3. The van der Waals surface area contributed by atoms with E-state index in [1.807, 2.05) is 37.5 Å². The fraction of sp³-hybridized carbons (Fsp3) is 0.520. The first-order chi connectivity index (χ1) is 17.7. The van der Waals surface area contributed by atoms with Gasteiger partial charge in [0.1, 0.15) is 18.8 Å². The van der Waals surface area contributed by atoms with Crippen molar-refractivity contribution in [3.8, 4) is 23.0 Å². The van der Waals surface area contributed by atoms with Crippen LogP contribution in [0.3, 0.4) is 0 Å². The first-order valence-electron chi connectivity index (χ1n) is 12.4. The molecular formula is C25H31BrN6O4S. The van der Waals surface area contributed by atoms with Crippen molar-refractivity contribution in [2.75, 3.05) is 32.0 Å². The van der Waals surface area contributed by atoms with Gasteiger partial charge in [0, 0.05) is 29.0 Å². The summed E-state index contributed by atoms with van der Waals surface area (Å²) in [4.78, 5) is 28.9. The number of hydrogen-bond acceptors (Lipinski definition) is 9. The van der Waals surface area contributed by atoms with Gasteiger partial charge < -0.3 is 29.4 Å². The third-order valence-electron chi connectivity index (χ3n) is 6.31. The fourth-order valence-electron chi connectivity index (χ4n) is 4.42. The SMILES string of the molecule is CC(C)(C)OC(=O)N1CCC(CCn2cnc(N)c3nc(Sc4cc5c(cc4Br)OCCO5)nc2-3)CC1. The number of imidazole rings is 1. The molecule has 0 aromatic heterocycles. The summed E-state index contributed by atoms with van der Waals surface area (Å²) in [5, 5.41) is 0.589. The molecule has 12 heteroatoms. The molecule has 1 fully saturated rings. The maximum absolute atomic E-state index is 12.3. The quantitative estimate of drug-likeness (QED) is 0.433. The van der Waals surface area contributed by atoms with Gasteiger partial charge in [-0.2, -0.15) is 0 Å². The Kier molecular flexibility index (Phi) is 7.39. The molecule has 37 heavy (non-hydrogen) atoms. The van der Waals surface area contributed by atoms with Crippen LogP contribution in [0.5, 0.6) is 11.5 Å². The molecule has 198 valence electrons. The number of halogens is 1. The molecule has 4 aliphatic heterocycles. The summed E-state index contributed by atoms with van der Waals surface area (Å²) in [6.07, 6.45) is 4.34. The van der Waals surface area contributed by atoms with E-state index < -0.39 is 5.60 Å². The van der Waals surface area contributed by atoms with Crippen LogP contribution in [-0.2, 0) is 11.3 Å². The van der Waals surface area contributed by atoms with Crippen LogP contribution in [0.25, 0.3) is 11.5 Å². The lowest BCUT2D eigenvalue weighted by molar-refractivity contribution is 0.0180. The summed E-state index contributed by atoms with van der Waals surface area (Å²) in [7, 11) is 0. The summed E-state index contributed by atoms with van der Waals surface area (Å²) in [6, 6.07) is 3.84. The van der Waals surface area contributed by atoms with Crippen LogP contribution in [0.1, 0.15) is 40.0 Å². The zero-order valence-electron chi connectivity index (χ0n) is 21.2. The van der Waals surface area contributed by atoms with Gasteiger partial charge in [0.2, 0.25) is 0 Å². The summed E-state index contributed by atoms with van der Waals surface area (Å²) < 4.78 is 19.8. The molecular weight excluding hydrogens is 560 g/mol. The average Bonchev–Trinajstić information content (AvgIpc) is 3.28. The number of carbonyl (C=O) groups excluding carboxylic acids is 1. The Hall–Kier alpha value is -2.73. The topological polar surface area (TPSA) is 118 Å². The number of hydrogen-bond donors (Lipinski definition) is 1. The van der Waals surface area contributed by atoms with Crippen molar-refractivity contribution in [3.63, 3.8) is 0 Å². The van der Waals surface area contributed by atoms with Crippen LogP contribution < -0.4 is 15.2 Å². The number of nitrogens with zero attached hydrogens (tertiary/aromatic N) is 5. The molecule has 4 heterocycles. The Morgan fingerprint density at radius 1 is 1.19 bits per heavy atom. The van der Waals surface area contributed by atoms with E-state index in [-0.39, 0.29) is 6.09 Å². The van der Waals surface area contributed by atoms with E-state index in [4.69, 9.17) is 24.9 Å². The Morgan fingerprint density at radius 2 is 1.89 bits per heavy atom. The molecule has 4 aliphatic rings. The number of ether oxygens (including phenoxy) is 3. The fourth-order valence-corrected chi connectivity index (χ4v) is 5.77. The highest BCUT2D eigenvalue weighted by molar-refractivity contribution is 9.10. The van der Waals surface area contributed by atoms with Crippen molar-refractivity contribution in [2.45, 2.75) is 62.2 Å². The predicted molar refractivity (Wildman–Crippen MR) is 143 cm³/mol. The molecule has 0 unspecified atom stereocenters. The zero-order chi connectivity index (χ0) is 26.2. The largest absolute Gasteiger partial charge is 0.486 e. The van der Waals surface area contributed by atoms with E-state index in [2.05, 4.69) is 25.9 Å². The minimum Gasteiger partial charge on any atom is -0.486 e. The summed E-state index contributed by atoms with van der Waals surface area (Å²) in [5.74, 6) is 3.01. The van der Waals surface area contributed by atoms with Crippen LogP contribution in [0.2, 0.25) is 0 Å². The van der Waals surface area contributed by atoms with Crippen molar-refractivity contribution in [3.05, 3.63) is 22.9 Å². The predicted octanol–water partition coefficient (Wildman–Crippen LogP) is 5.08. The first-order valence-corrected chi connectivity index (χ1v) is 14.0. The number of anilines is 1. The number of carbonyl (C=O) groups is 1. The summed E-state index contributed by atoms with van der Waals surface area (Å²) in [5.41, 5.74) is 6.27. The van der Waals surface area contributed by atoms with E-state index in [1.54, 1.807) is 11.2 Å². The smallest absolute Gasteiger partial charge is 0.410 e. The minimum absolute atomic E-state index is 0.230. The lowest BCUT2D eigenvalue weighted by Gasteiger charge is -2.33. The molecule has 0 bridgehead atoms. The number of aromatic nitrogens is 4. The van der Waals surface area contributed by atoms with Crippen molar-refractivity contribution in [2.24, 2.45) is 5.92 Å². The monoisotopic (exact) mass is 590 g/mol. The van der Waals surface area contributed by atoms with E-state index in [0.717, 1.165) is 46.7 Å². The molecule has 0 radical (unpaired) electrons. The van der Waals surface area contributed by atoms with E-state index in [0.29, 0.717) is 54.6 Å². The molecule has 2 N–H and O–H groups in total. The van der Waals surface area contributed by atoms with Gasteiger partial charge >= 0.3 is 6.09 Å². The van der Waals surface area contributed by atoms with Crippen LogP contribution in [0, 0.1) is 5.92 Å². The maximum atomic E-state index is 12.3. The molecule has 0 aliphatic carbocycles. The van der Waals surface area contributed by atoms with Gasteiger partial charge in [0.15, 0.2) is 34.0 Å². The number of likely N-dealkylation sites (tertiary alicyclic amines) is 1. The van der Waals surface area contributed by atoms with Gasteiger partial charge in [0.25, 0.3) is 0 Å². The summed E-state index contributed by atoms with van der Waals surface area (Å²) >= 11 is 5.05. The number of rotatable bonds is 5. The van der Waals surface area contributed by atoms with E-state index >= 15 is 0 Å². The number of benzene rings is 1. The van der Waals surface area contributed by atoms with E-state index in [1.165, 1.54) is 11.8 Å². The van der Waals surface area contributed by atoms with Crippen molar-refractivity contribution >= 4 is 39.6 Å². The number of piperidine rings is 1. The lowest BCUT2D eigenvalue weighted by atomic mass is 9.93. The second-order valence-electron chi connectivity index (χ2n) is 10.2. The molecule has 1 aromatic rings. The minimum atomic E-state index is -0.478. The van der Waals surface area contributed by atoms with Crippen LogP contribution in [0.15, 0.2) is 33.0 Å². The third kappa shape index (κ3) is 6.06. The second kappa shape index (κ2) is 10.6. The molecule has 0 atom stereocenters. The molecule has 5 rings (SSSR count). The van der Waals surface area contributed by atoms with Gasteiger partial charge in [-0.05, 0) is 85.8 Å². The van der Waals surface area contributed by atoms with Gasteiger partial charge in [-0.15, -0.1) is 0 Å². The maximum Gasteiger partial charge on any atom is 0.410 e. The molecule has 10 nitrogen and oxygen atoms in total. The van der Waals surface area contributed by atoms with Gasteiger partial charge in [0.05, 0.1) is 6.33 Å². The number of nitrogen functional groups attached to an aromatic ring is 1. The van der Waals surface area contributed by atoms with Crippen LogP contribution >= 0.6 is 27.7 Å². The average molecular weight is 592 g/mol. The van der Waals surface area contributed by atoms with Crippen molar-refractivity contribution in [1.82, 2.24) is 24.4 Å². The third-order valence-corrected chi connectivity index (χ3v) is 8.16. The van der Waals surface area contributed by atoms with E-state index in [9.17, 15) is 4.79 Å². The Morgan fingerprint density at radius 3 is 2.59 bits per heavy atom. The Labute approximate surface area is 228 Å². The molecule has 0 spiro atoms. The number of nitrogens with two attached hydrogens (primary N) is 1. The molecule has 0 saturated carbocycles. The van der Waals surface area contributed by atoms with Crippen LogP contribution in [-0.4, -0.2) is 62.4 Å². The molecule has 1 saturated heterocycles. The summed E-state index contributed by atoms with van der Waals surface area (Å²) in [6.45, 7) is 8.90. The normalized spacial score (nSPS) is 16.3. The van der Waals surface area contributed by atoms with Crippen molar-refractivity contribution < 1.29 is 19.0 Å². The number of aryl methyl sites for hydroxylation is 1. The highest BCUT2D eigenvalue weighted by atomic mass is 79.9. The zero-order valence-corrected chi connectivity index (χ0v) is 23.6. The highest BCUT2D eigenvalue weighted by Crippen LogP contribution is 2.42. The Balaban J connectivity index is 1.24. The van der Waals surface area contributed by atoms with Crippen molar-refractivity contribution in [1.29, 1.82) is 0 Å². The Bertz CT molecular complexity index is 1250. The number of amides is 1. The number of fused-ring (bicyclic) bond motifs is 2. The highest BCUT2D eigenvalue weighted by Gasteiger charge is 2.27. The van der Waals surface area contributed by atoms with Crippen LogP contribution in [0.4, 0.5) is 10.6 Å². The van der Waals surface area contributed by atoms with Gasteiger partial charge in [-0.3, -0.25) is 0 Å². The first kappa shape index (κ1) is 25.9. The molecule has 1 aromatic carbocycles. The second-order valence-corrected chi connectivity index (χ2v) is 12.1. The van der Waals surface area contributed by atoms with Gasteiger partial charge in [-0.25, -0.2) is 19.7 Å². The van der Waals surface area contributed by atoms with Gasteiger partial charge in [-0.1, -0.05) is 0 Å². The lowest BCUT2D eigenvalue weighted by Crippen LogP contribution is -2.41.